The summed E-state index contributed by atoms with van der Waals surface area (Å²) in [5, 5.41) is 6.65. The summed E-state index contributed by atoms with van der Waals surface area (Å²) in [4.78, 5) is 20.9. The zero-order valence-corrected chi connectivity index (χ0v) is 17.9. The zero-order chi connectivity index (χ0) is 20.7. The topological polar surface area (TPSA) is 60.0 Å². The van der Waals surface area contributed by atoms with Crippen LogP contribution < -0.4 is 10.6 Å². The Morgan fingerprint density at radius 3 is 2.50 bits per heavy atom. The van der Waals surface area contributed by atoms with E-state index in [4.69, 9.17) is 11.6 Å². The Balaban J connectivity index is 1.88. The van der Waals surface area contributed by atoms with Gasteiger partial charge in [0.1, 0.15) is 5.82 Å². The van der Waals surface area contributed by atoms with Gasteiger partial charge in [-0.1, -0.05) is 17.7 Å². The van der Waals surface area contributed by atoms with Crippen molar-refractivity contribution < 1.29 is 9.18 Å². The molecule has 6 nitrogen and oxygen atoms in total. The van der Waals surface area contributed by atoms with Gasteiger partial charge in [-0.2, -0.15) is 0 Å². The molecule has 1 aromatic carbocycles. The van der Waals surface area contributed by atoms with Crippen LogP contribution in [0.5, 0.6) is 0 Å². The molecule has 1 aliphatic rings. The van der Waals surface area contributed by atoms with Crippen LogP contribution >= 0.6 is 11.6 Å². The SMILES string of the molecule is CCNC(=O)C(C)(C)CNC(=NC)N1CCN(Cc2c(F)cccc2Cl)CC1. The average molecular weight is 412 g/mol. The highest BCUT2D eigenvalue weighted by Crippen LogP contribution is 2.21. The maximum Gasteiger partial charge on any atom is 0.227 e. The molecular formula is C20H31ClFN5O. The lowest BCUT2D eigenvalue weighted by Crippen LogP contribution is -2.54. The van der Waals surface area contributed by atoms with Crippen molar-refractivity contribution in [1.82, 2.24) is 20.4 Å². The molecule has 28 heavy (non-hydrogen) atoms. The van der Waals surface area contributed by atoms with E-state index >= 15 is 0 Å². The summed E-state index contributed by atoms with van der Waals surface area (Å²) in [6, 6.07) is 4.79. The fourth-order valence-electron chi connectivity index (χ4n) is 3.14. The molecule has 0 spiro atoms. The van der Waals surface area contributed by atoms with Gasteiger partial charge in [0.2, 0.25) is 5.91 Å². The fourth-order valence-corrected chi connectivity index (χ4v) is 3.36. The van der Waals surface area contributed by atoms with E-state index in [1.165, 1.54) is 6.07 Å². The number of amides is 1. The summed E-state index contributed by atoms with van der Waals surface area (Å²) < 4.78 is 14.0. The second-order valence-corrected chi connectivity index (χ2v) is 8.01. The first-order valence-corrected chi connectivity index (χ1v) is 10.1. The van der Waals surface area contributed by atoms with Crippen molar-refractivity contribution in [3.63, 3.8) is 0 Å². The summed E-state index contributed by atoms with van der Waals surface area (Å²) in [7, 11) is 1.74. The number of rotatable bonds is 6. The van der Waals surface area contributed by atoms with E-state index in [1.807, 2.05) is 20.8 Å². The minimum atomic E-state index is -0.532. The highest BCUT2D eigenvalue weighted by molar-refractivity contribution is 6.31. The van der Waals surface area contributed by atoms with E-state index < -0.39 is 5.41 Å². The molecule has 8 heteroatoms. The van der Waals surface area contributed by atoms with Gasteiger partial charge in [0, 0.05) is 63.4 Å². The quantitative estimate of drug-likeness (QED) is 0.557. The number of nitrogens with one attached hydrogen (secondary N) is 2. The lowest BCUT2D eigenvalue weighted by Gasteiger charge is -2.37. The number of benzene rings is 1. The van der Waals surface area contributed by atoms with Gasteiger partial charge in [-0.05, 0) is 32.9 Å². The van der Waals surface area contributed by atoms with Crippen molar-refractivity contribution in [2.45, 2.75) is 27.3 Å². The first kappa shape index (κ1) is 22.4. The molecule has 0 atom stereocenters. The fraction of sp³-hybridized carbons (Fsp3) is 0.600. The third kappa shape index (κ3) is 5.82. The lowest BCUT2D eigenvalue weighted by molar-refractivity contribution is -0.128. The molecule has 0 aromatic heterocycles. The van der Waals surface area contributed by atoms with Crippen LogP contribution in [-0.4, -0.2) is 68.0 Å². The van der Waals surface area contributed by atoms with Crippen LogP contribution in [0.3, 0.4) is 0 Å². The van der Waals surface area contributed by atoms with Crippen molar-refractivity contribution >= 4 is 23.5 Å². The first-order valence-electron chi connectivity index (χ1n) is 9.67. The number of piperazine rings is 1. The second-order valence-electron chi connectivity index (χ2n) is 7.61. The number of aliphatic imine (C=N–C) groups is 1. The Kier molecular flexibility index (Phi) is 8.07. The Morgan fingerprint density at radius 2 is 1.93 bits per heavy atom. The predicted octanol–water partition coefficient (Wildman–Crippen LogP) is 2.33. The van der Waals surface area contributed by atoms with Crippen LogP contribution in [0.1, 0.15) is 26.3 Å². The molecule has 1 aliphatic heterocycles. The van der Waals surface area contributed by atoms with Gasteiger partial charge in [-0.25, -0.2) is 4.39 Å². The van der Waals surface area contributed by atoms with E-state index in [-0.39, 0.29) is 11.7 Å². The Hall–Kier alpha value is -1.86. The molecule has 1 aromatic rings. The van der Waals surface area contributed by atoms with E-state index in [1.54, 1.807) is 19.2 Å². The summed E-state index contributed by atoms with van der Waals surface area (Å²) in [5.41, 5.74) is 0.0128. The maximum atomic E-state index is 14.0. The smallest absolute Gasteiger partial charge is 0.227 e. The van der Waals surface area contributed by atoms with Crippen LogP contribution in [0.25, 0.3) is 0 Å². The molecule has 0 bridgehead atoms. The van der Waals surface area contributed by atoms with Crippen molar-refractivity contribution in [3.05, 3.63) is 34.6 Å². The van der Waals surface area contributed by atoms with Gasteiger partial charge in [-0.3, -0.25) is 14.7 Å². The minimum absolute atomic E-state index is 0.0181. The molecule has 0 radical (unpaired) electrons. The van der Waals surface area contributed by atoms with Crippen molar-refractivity contribution in [2.24, 2.45) is 10.4 Å². The van der Waals surface area contributed by atoms with Crippen LogP contribution in [0.2, 0.25) is 5.02 Å². The highest BCUT2D eigenvalue weighted by Gasteiger charge is 2.28. The van der Waals surface area contributed by atoms with Gasteiger partial charge in [0.15, 0.2) is 5.96 Å². The van der Waals surface area contributed by atoms with E-state index in [0.717, 1.165) is 32.1 Å². The number of hydrogen-bond acceptors (Lipinski definition) is 3. The average Bonchev–Trinajstić information content (AvgIpc) is 2.66. The first-order chi connectivity index (χ1) is 13.3. The van der Waals surface area contributed by atoms with Gasteiger partial charge < -0.3 is 15.5 Å². The number of carbonyl (C=O) groups excluding carboxylic acids is 1. The van der Waals surface area contributed by atoms with Gasteiger partial charge in [0.25, 0.3) is 0 Å². The number of halogens is 2. The van der Waals surface area contributed by atoms with Gasteiger partial charge in [0.05, 0.1) is 5.41 Å². The van der Waals surface area contributed by atoms with Crippen molar-refractivity contribution in [3.8, 4) is 0 Å². The van der Waals surface area contributed by atoms with Crippen molar-refractivity contribution in [1.29, 1.82) is 0 Å². The third-order valence-corrected chi connectivity index (χ3v) is 5.32. The van der Waals surface area contributed by atoms with Gasteiger partial charge >= 0.3 is 0 Å². The van der Waals surface area contributed by atoms with Crippen LogP contribution in [0.4, 0.5) is 4.39 Å². The Bertz CT molecular complexity index is 682. The molecule has 1 fully saturated rings. The monoisotopic (exact) mass is 411 g/mol. The maximum absolute atomic E-state index is 14.0. The molecule has 156 valence electrons. The molecule has 2 N–H and O–H groups in total. The molecule has 0 unspecified atom stereocenters. The Labute approximate surface area is 172 Å². The molecule has 1 amide bonds. The summed E-state index contributed by atoms with van der Waals surface area (Å²) >= 11 is 6.14. The third-order valence-electron chi connectivity index (χ3n) is 4.97. The highest BCUT2D eigenvalue weighted by atomic mass is 35.5. The largest absolute Gasteiger partial charge is 0.356 e. The zero-order valence-electron chi connectivity index (χ0n) is 17.2. The van der Waals surface area contributed by atoms with E-state index in [0.29, 0.717) is 30.2 Å². The molecule has 1 saturated heterocycles. The summed E-state index contributed by atoms with van der Waals surface area (Å²) in [6.07, 6.45) is 0. The summed E-state index contributed by atoms with van der Waals surface area (Å²) in [5.74, 6) is 0.533. The number of carbonyl (C=O) groups is 1. The van der Waals surface area contributed by atoms with Crippen LogP contribution in [0, 0.1) is 11.2 Å². The second kappa shape index (κ2) is 10.1. The number of guanidine groups is 1. The molecule has 1 heterocycles. The van der Waals surface area contributed by atoms with Gasteiger partial charge in [-0.15, -0.1) is 0 Å². The number of nitrogens with zero attached hydrogens (tertiary/aromatic N) is 3. The predicted molar refractivity (Wildman–Crippen MR) is 112 cm³/mol. The van der Waals surface area contributed by atoms with Crippen molar-refractivity contribution in [2.75, 3.05) is 46.3 Å². The van der Waals surface area contributed by atoms with E-state index in [2.05, 4.69) is 25.4 Å². The lowest BCUT2D eigenvalue weighted by atomic mass is 9.92. The molecule has 0 aliphatic carbocycles. The molecular weight excluding hydrogens is 381 g/mol. The Morgan fingerprint density at radius 1 is 1.25 bits per heavy atom. The normalized spacial score (nSPS) is 16.2. The van der Waals surface area contributed by atoms with E-state index in [9.17, 15) is 9.18 Å². The molecule has 2 rings (SSSR count). The minimum Gasteiger partial charge on any atom is -0.356 e. The number of hydrogen-bond donors (Lipinski definition) is 2. The standard InChI is InChI=1S/C20H31ClFN5O/c1-5-24-18(28)20(2,3)14-25-19(23-4)27-11-9-26(10-12-27)13-15-16(21)7-6-8-17(15)22/h6-8H,5,9-14H2,1-4H3,(H,23,25)(H,24,28). The molecule has 0 saturated carbocycles. The summed E-state index contributed by atoms with van der Waals surface area (Å²) in [6.45, 7) is 10.4. The van der Waals surface area contributed by atoms with Crippen LogP contribution in [-0.2, 0) is 11.3 Å². The van der Waals surface area contributed by atoms with Crippen LogP contribution in [0.15, 0.2) is 23.2 Å².